The van der Waals surface area contributed by atoms with Crippen molar-refractivity contribution in [3.05, 3.63) is 217 Å². The topological polar surface area (TPSA) is 6.48 Å². The van der Waals surface area contributed by atoms with Gasteiger partial charge in [0.15, 0.2) is 0 Å². The van der Waals surface area contributed by atoms with Crippen molar-refractivity contribution < 1.29 is 26.3 Å². The highest BCUT2D eigenvalue weighted by molar-refractivity contribution is 6.29. The van der Waals surface area contributed by atoms with Crippen LogP contribution in [-0.2, 0) is 0 Å². The fourth-order valence-corrected chi connectivity index (χ4v) is 8.27. The smallest absolute Gasteiger partial charge is 0.147 e. The Kier molecular flexibility index (Phi) is 8.98. The van der Waals surface area contributed by atoms with E-state index in [1.54, 1.807) is 94.7 Å². The summed E-state index contributed by atoms with van der Waals surface area (Å²) in [5, 5.41) is 4.25. The summed E-state index contributed by atoms with van der Waals surface area (Å²) < 4.78 is 93.1. The summed E-state index contributed by atoms with van der Waals surface area (Å²) in [7, 11) is 0. The monoisotopic (exact) mass is 796 g/mol. The Hall–Kier alpha value is -7.58. The van der Waals surface area contributed by atoms with E-state index in [0.717, 1.165) is 10.8 Å². The Labute approximate surface area is 340 Å². The van der Waals surface area contributed by atoms with Crippen LogP contribution in [0.15, 0.2) is 182 Å². The van der Waals surface area contributed by atoms with Gasteiger partial charge in [-0.3, -0.25) is 0 Å². The largest absolute Gasteiger partial charge is 0.304 e. The first-order valence-electron chi connectivity index (χ1n) is 19.1. The molecule has 0 bridgehead atoms. The van der Waals surface area contributed by atoms with E-state index in [9.17, 15) is 8.78 Å². The Morgan fingerprint density at radius 2 is 0.700 bits per heavy atom. The Bertz CT molecular complexity index is 3250. The summed E-state index contributed by atoms with van der Waals surface area (Å²) in [5.41, 5.74) is 3.53. The second-order valence-corrected chi connectivity index (χ2v) is 14.5. The van der Waals surface area contributed by atoms with Crippen LogP contribution >= 0.6 is 0 Å². The average Bonchev–Trinajstić information content (AvgIpc) is 3.26. The molecular weight excluding hydrogens is 767 g/mol. The maximum Gasteiger partial charge on any atom is 0.147 e. The van der Waals surface area contributed by atoms with Crippen molar-refractivity contribution in [3.63, 3.8) is 0 Å². The van der Waals surface area contributed by atoms with Gasteiger partial charge in [0.2, 0.25) is 0 Å². The Balaban J connectivity index is 1.24. The van der Waals surface area contributed by atoms with Crippen LogP contribution in [0.25, 0.3) is 54.6 Å². The molecule has 0 aliphatic carbocycles. The van der Waals surface area contributed by atoms with E-state index in [4.69, 9.17) is 0 Å². The molecule has 0 radical (unpaired) electrons. The lowest BCUT2D eigenvalue weighted by Crippen LogP contribution is -2.15. The van der Waals surface area contributed by atoms with E-state index >= 15 is 17.6 Å². The number of halogens is 6. The van der Waals surface area contributed by atoms with Gasteiger partial charge in [-0.25, -0.2) is 26.3 Å². The van der Waals surface area contributed by atoms with Gasteiger partial charge >= 0.3 is 0 Å². The fourth-order valence-electron chi connectivity index (χ4n) is 8.27. The van der Waals surface area contributed by atoms with Gasteiger partial charge in [0.25, 0.3) is 0 Å². The van der Waals surface area contributed by atoms with Gasteiger partial charge in [0.05, 0.1) is 34.1 Å². The van der Waals surface area contributed by atoms with Crippen molar-refractivity contribution in [2.75, 3.05) is 9.80 Å². The predicted molar refractivity (Wildman–Crippen MR) is 230 cm³/mol. The van der Waals surface area contributed by atoms with Crippen molar-refractivity contribution in [1.82, 2.24) is 0 Å². The third-order valence-electron chi connectivity index (χ3n) is 11.0. The summed E-state index contributed by atoms with van der Waals surface area (Å²) in [6.45, 7) is 0. The molecule has 0 N–H and O–H groups in total. The lowest BCUT2D eigenvalue weighted by Gasteiger charge is -2.31. The zero-order chi connectivity index (χ0) is 41.1. The van der Waals surface area contributed by atoms with Gasteiger partial charge in [0.1, 0.15) is 34.9 Å². The highest BCUT2D eigenvalue weighted by Crippen LogP contribution is 2.50. The van der Waals surface area contributed by atoms with E-state index in [1.807, 2.05) is 48.5 Å². The van der Waals surface area contributed by atoms with Gasteiger partial charge in [-0.1, -0.05) is 97.1 Å². The molecule has 0 saturated heterocycles. The highest BCUT2D eigenvalue weighted by atomic mass is 19.1. The molecular formula is C52H30F6N2. The van der Waals surface area contributed by atoms with Crippen LogP contribution < -0.4 is 9.80 Å². The van der Waals surface area contributed by atoms with Crippen molar-refractivity contribution >= 4 is 66.4 Å². The van der Waals surface area contributed by atoms with Crippen LogP contribution in [0, 0.1) is 34.9 Å². The number of nitrogens with zero attached hydrogens (tertiary/aromatic N) is 2. The molecule has 0 amide bonds. The van der Waals surface area contributed by atoms with Gasteiger partial charge in [-0.15, -0.1) is 0 Å². The van der Waals surface area contributed by atoms with E-state index in [1.165, 1.54) is 48.5 Å². The van der Waals surface area contributed by atoms with E-state index in [0.29, 0.717) is 55.2 Å². The minimum absolute atomic E-state index is 0.0413. The lowest BCUT2D eigenvalue weighted by atomic mass is 9.90. The molecule has 0 unspecified atom stereocenters. The van der Waals surface area contributed by atoms with Crippen molar-refractivity contribution in [2.45, 2.75) is 0 Å². The van der Waals surface area contributed by atoms with Crippen molar-refractivity contribution in [2.24, 2.45) is 0 Å². The first-order valence-corrected chi connectivity index (χ1v) is 19.1. The van der Waals surface area contributed by atoms with Crippen LogP contribution in [0.3, 0.4) is 0 Å². The van der Waals surface area contributed by atoms with Crippen molar-refractivity contribution in [3.8, 4) is 22.3 Å². The molecule has 10 aromatic carbocycles. The van der Waals surface area contributed by atoms with Gasteiger partial charge < -0.3 is 9.80 Å². The molecule has 0 atom stereocenters. The first-order chi connectivity index (χ1) is 29.2. The second-order valence-electron chi connectivity index (χ2n) is 14.5. The van der Waals surface area contributed by atoms with Crippen LogP contribution in [0.4, 0.5) is 60.5 Å². The van der Waals surface area contributed by atoms with Gasteiger partial charge in [-0.2, -0.15) is 0 Å². The van der Waals surface area contributed by atoms with Crippen molar-refractivity contribution in [1.29, 1.82) is 0 Å². The summed E-state index contributed by atoms with van der Waals surface area (Å²) in [5.74, 6) is -3.28. The molecule has 290 valence electrons. The number of benzene rings is 10. The van der Waals surface area contributed by atoms with E-state index < -0.39 is 34.9 Å². The number of rotatable bonds is 8. The second kappa shape index (κ2) is 14.7. The zero-order valence-electron chi connectivity index (χ0n) is 31.5. The SMILES string of the molecule is Fc1ccc(-c2ccc(F)c(N(c3ccccc3F)c3cc4cccc5c(N(c6ccccc6F)c6cc(-c7cccc(F)c7)ccc6F)cc6cccc3c6c45)c2)cc1. The minimum Gasteiger partial charge on any atom is -0.304 e. The van der Waals surface area contributed by atoms with E-state index in [-0.39, 0.29) is 22.7 Å². The fraction of sp³-hybridized carbons (Fsp3) is 0. The third kappa shape index (κ3) is 6.25. The number of para-hydroxylation sites is 2. The van der Waals surface area contributed by atoms with Crippen LogP contribution in [-0.4, -0.2) is 0 Å². The average molecular weight is 797 g/mol. The highest BCUT2D eigenvalue weighted by Gasteiger charge is 2.27. The zero-order valence-corrected chi connectivity index (χ0v) is 31.5. The van der Waals surface area contributed by atoms with Crippen LogP contribution in [0.2, 0.25) is 0 Å². The normalized spacial score (nSPS) is 11.5. The first kappa shape index (κ1) is 36.7. The molecule has 0 aliphatic heterocycles. The molecule has 0 fully saturated rings. The maximum atomic E-state index is 16.3. The summed E-state index contributed by atoms with van der Waals surface area (Å²) >= 11 is 0. The summed E-state index contributed by atoms with van der Waals surface area (Å²) in [6.07, 6.45) is 0. The standard InChI is InChI=1S/C52H30F6N2/c53-37-22-18-31(19-23-37)33-20-24-43(57)49(27-33)59(45-16-3-1-14-41(45)55)47-29-35-9-7-13-40-48(30-36-10-6-12-39(47)51(36)52(35)40)60(46-17-4-2-15-42(46)56)50-28-34(21-25-44(50)58)32-8-5-11-38(54)26-32/h1-30H. The Morgan fingerprint density at radius 3 is 1.20 bits per heavy atom. The molecule has 0 aliphatic rings. The molecule has 10 aromatic rings. The third-order valence-corrected chi connectivity index (χ3v) is 11.0. The minimum atomic E-state index is -0.628. The van der Waals surface area contributed by atoms with Crippen LogP contribution in [0.5, 0.6) is 0 Å². The molecule has 0 heterocycles. The molecule has 0 spiro atoms. The predicted octanol–water partition coefficient (Wildman–Crippen LogP) is 15.7. The van der Waals surface area contributed by atoms with E-state index in [2.05, 4.69) is 0 Å². The molecule has 0 aromatic heterocycles. The quantitative estimate of drug-likeness (QED) is 0.112. The molecule has 8 heteroatoms. The van der Waals surface area contributed by atoms with Gasteiger partial charge in [-0.05, 0) is 129 Å². The summed E-state index contributed by atoms with van der Waals surface area (Å²) in [6, 6.07) is 48.0. The summed E-state index contributed by atoms with van der Waals surface area (Å²) in [4.78, 5) is 3.10. The lowest BCUT2D eigenvalue weighted by molar-refractivity contribution is 0.619. The molecule has 2 nitrogen and oxygen atoms in total. The molecule has 0 saturated carbocycles. The number of anilines is 6. The van der Waals surface area contributed by atoms with Gasteiger partial charge in [0, 0.05) is 10.8 Å². The number of hydrogen-bond acceptors (Lipinski definition) is 2. The number of hydrogen-bond donors (Lipinski definition) is 0. The molecule has 60 heavy (non-hydrogen) atoms. The molecule has 10 rings (SSSR count). The Morgan fingerprint density at radius 1 is 0.267 bits per heavy atom. The van der Waals surface area contributed by atoms with Crippen LogP contribution in [0.1, 0.15) is 0 Å². The maximum absolute atomic E-state index is 16.3.